The van der Waals surface area contributed by atoms with Gasteiger partial charge in [0.2, 0.25) is 0 Å². The number of nitrogens with one attached hydrogen (secondary N) is 2. The summed E-state index contributed by atoms with van der Waals surface area (Å²) in [5.74, 6) is 0.997. The molecule has 1 aromatic carbocycles. The van der Waals surface area contributed by atoms with E-state index in [1.54, 1.807) is 11.3 Å². The van der Waals surface area contributed by atoms with Crippen LogP contribution in [0, 0.1) is 0 Å². The number of benzene rings is 1. The van der Waals surface area contributed by atoms with E-state index in [0.717, 1.165) is 69.1 Å². The maximum absolute atomic E-state index is 5.47. The third kappa shape index (κ3) is 4.51. The van der Waals surface area contributed by atoms with E-state index >= 15 is 0 Å². The van der Waals surface area contributed by atoms with E-state index < -0.39 is 0 Å². The van der Waals surface area contributed by atoms with Crippen molar-refractivity contribution in [3.8, 4) is 0 Å². The number of guanidine groups is 1. The third-order valence-corrected chi connectivity index (χ3v) is 6.21. The van der Waals surface area contributed by atoms with Crippen LogP contribution in [0.4, 0.5) is 5.13 Å². The Kier molecular flexibility index (Phi) is 6.06. The van der Waals surface area contributed by atoms with Crippen LogP contribution in [-0.4, -0.2) is 86.3 Å². The van der Waals surface area contributed by atoms with Gasteiger partial charge in [0.05, 0.1) is 23.4 Å². The number of hydrogen-bond donors (Lipinski definition) is 2. The largest absolute Gasteiger partial charge is 0.379 e. The topological polar surface area (TPSA) is 65.0 Å². The molecule has 2 saturated heterocycles. The number of nitrogens with zero attached hydrogens (tertiary/aromatic N) is 4. The third-order valence-electron chi connectivity index (χ3n) is 5.22. The molecule has 2 aliphatic heterocycles. The van der Waals surface area contributed by atoms with Crippen molar-refractivity contribution in [2.45, 2.75) is 12.5 Å². The zero-order chi connectivity index (χ0) is 18.5. The van der Waals surface area contributed by atoms with Crippen molar-refractivity contribution in [1.29, 1.82) is 0 Å². The van der Waals surface area contributed by atoms with Crippen molar-refractivity contribution in [2.75, 3.05) is 64.8 Å². The van der Waals surface area contributed by atoms with Crippen molar-refractivity contribution < 1.29 is 4.74 Å². The monoisotopic (exact) mass is 388 g/mol. The molecule has 0 radical (unpaired) electrons. The number of ether oxygens (including phenoxy) is 1. The molecule has 1 unspecified atom stereocenters. The highest BCUT2D eigenvalue weighted by molar-refractivity contribution is 7.22. The second-order valence-electron chi connectivity index (χ2n) is 6.92. The molecule has 2 aromatic rings. The molecule has 2 aliphatic rings. The number of para-hydroxylation sites is 1. The van der Waals surface area contributed by atoms with Gasteiger partial charge in [-0.1, -0.05) is 23.5 Å². The molecule has 3 heterocycles. The fourth-order valence-corrected chi connectivity index (χ4v) is 4.69. The Morgan fingerprint density at radius 3 is 2.93 bits per heavy atom. The Morgan fingerprint density at radius 1 is 1.26 bits per heavy atom. The summed E-state index contributed by atoms with van der Waals surface area (Å²) in [7, 11) is 1.87. The SMILES string of the molecule is CN=C(NCCNc1nc2ccccc2s1)N1CCC(N2CCOCC2)C1. The number of anilines is 1. The minimum Gasteiger partial charge on any atom is -0.379 e. The van der Waals surface area contributed by atoms with Crippen LogP contribution in [-0.2, 0) is 4.74 Å². The summed E-state index contributed by atoms with van der Waals surface area (Å²) in [5.41, 5.74) is 1.06. The van der Waals surface area contributed by atoms with Gasteiger partial charge in [-0.2, -0.15) is 0 Å². The Labute approximate surface area is 164 Å². The molecule has 7 nitrogen and oxygen atoms in total. The first-order chi connectivity index (χ1) is 13.3. The first kappa shape index (κ1) is 18.5. The molecule has 0 spiro atoms. The van der Waals surface area contributed by atoms with Crippen molar-refractivity contribution in [3.63, 3.8) is 0 Å². The van der Waals surface area contributed by atoms with Gasteiger partial charge >= 0.3 is 0 Å². The van der Waals surface area contributed by atoms with Gasteiger partial charge in [-0.15, -0.1) is 0 Å². The van der Waals surface area contributed by atoms with Crippen LogP contribution in [0.15, 0.2) is 29.3 Å². The molecule has 4 rings (SSSR count). The number of fused-ring (bicyclic) bond motifs is 1. The maximum Gasteiger partial charge on any atom is 0.193 e. The van der Waals surface area contributed by atoms with Crippen LogP contribution < -0.4 is 10.6 Å². The zero-order valence-corrected chi connectivity index (χ0v) is 16.7. The molecule has 1 atom stereocenters. The molecule has 27 heavy (non-hydrogen) atoms. The molecular formula is C19H28N6OS. The van der Waals surface area contributed by atoms with Gasteiger partial charge in [0.25, 0.3) is 0 Å². The summed E-state index contributed by atoms with van der Waals surface area (Å²) < 4.78 is 6.69. The second-order valence-corrected chi connectivity index (χ2v) is 7.96. The lowest BCUT2D eigenvalue weighted by molar-refractivity contribution is 0.0195. The molecule has 2 fully saturated rings. The molecule has 0 aliphatic carbocycles. The summed E-state index contributed by atoms with van der Waals surface area (Å²) in [6.45, 7) is 7.58. The van der Waals surface area contributed by atoms with Crippen LogP contribution in [0.2, 0.25) is 0 Å². The average molecular weight is 389 g/mol. The van der Waals surface area contributed by atoms with Crippen LogP contribution in [0.25, 0.3) is 10.2 Å². The smallest absolute Gasteiger partial charge is 0.193 e. The predicted molar refractivity (Wildman–Crippen MR) is 112 cm³/mol. The summed E-state index contributed by atoms with van der Waals surface area (Å²) in [6, 6.07) is 8.85. The standard InChI is InChI=1S/C19H28N6OS/c1-20-18(25-9-6-15(14-25)24-10-12-26-13-11-24)21-7-8-22-19-23-16-4-2-3-5-17(16)27-19/h2-5,15H,6-14H2,1H3,(H,20,21)(H,22,23). The van der Waals surface area contributed by atoms with Crippen LogP contribution in [0.1, 0.15) is 6.42 Å². The molecule has 146 valence electrons. The molecule has 2 N–H and O–H groups in total. The second kappa shape index (κ2) is 8.86. The summed E-state index contributed by atoms with van der Waals surface area (Å²) in [5, 5.41) is 7.87. The van der Waals surface area contributed by atoms with E-state index in [2.05, 4.69) is 48.6 Å². The van der Waals surface area contributed by atoms with E-state index in [4.69, 9.17) is 4.74 Å². The van der Waals surface area contributed by atoms with Crippen LogP contribution in [0.5, 0.6) is 0 Å². The number of aliphatic imine (C=N–C) groups is 1. The minimum absolute atomic E-state index is 0.619. The Bertz CT molecular complexity index is 739. The van der Waals surface area contributed by atoms with E-state index in [-0.39, 0.29) is 0 Å². The van der Waals surface area contributed by atoms with E-state index in [1.807, 2.05) is 13.1 Å². The lowest BCUT2D eigenvalue weighted by Gasteiger charge is -2.32. The maximum atomic E-state index is 5.47. The molecule has 1 aromatic heterocycles. The van der Waals surface area contributed by atoms with E-state index in [9.17, 15) is 0 Å². The highest BCUT2D eigenvalue weighted by Crippen LogP contribution is 2.25. The number of aromatic nitrogens is 1. The molecular weight excluding hydrogens is 360 g/mol. The molecule has 0 bridgehead atoms. The Morgan fingerprint density at radius 2 is 2.11 bits per heavy atom. The number of rotatable bonds is 5. The first-order valence-electron chi connectivity index (χ1n) is 9.70. The van der Waals surface area contributed by atoms with Crippen molar-refractivity contribution in [3.05, 3.63) is 24.3 Å². The average Bonchev–Trinajstić information content (AvgIpc) is 3.35. The fraction of sp³-hybridized carbons (Fsp3) is 0.579. The van der Waals surface area contributed by atoms with Crippen molar-refractivity contribution in [1.82, 2.24) is 20.1 Å². The van der Waals surface area contributed by atoms with Gasteiger partial charge < -0.3 is 20.3 Å². The summed E-state index contributed by atoms with van der Waals surface area (Å²) in [4.78, 5) is 14.0. The molecule has 8 heteroatoms. The zero-order valence-electron chi connectivity index (χ0n) is 15.9. The Hall–Kier alpha value is -1.90. The van der Waals surface area contributed by atoms with Gasteiger partial charge in [0.1, 0.15) is 0 Å². The quantitative estimate of drug-likeness (QED) is 0.462. The van der Waals surface area contributed by atoms with Gasteiger partial charge in [-0.05, 0) is 18.6 Å². The highest BCUT2D eigenvalue weighted by Gasteiger charge is 2.30. The first-order valence-corrected chi connectivity index (χ1v) is 10.5. The fourth-order valence-electron chi connectivity index (χ4n) is 3.80. The highest BCUT2D eigenvalue weighted by atomic mass is 32.1. The van der Waals surface area contributed by atoms with E-state index in [1.165, 1.54) is 11.1 Å². The van der Waals surface area contributed by atoms with Gasteiger partial charge in [-0.25, -0.2) is 4.98 Å². The summed E-state index contributed by atoms with van der Waals surface area (Å²) in [6.07, 6.45) is 1.20. The Balaban J connectivity index is 1.22. The predicted octanol–water partition coefficient (Wildman–Crippen LogP) is 1.69. The lowest BCUT2D eigenvalue weighted by Crippen LogP contribution is -2.47. The number of likely N-dealkylation sites (tertiary alicyclic amines) is 1. The van der Waals surface area contributed by atoms with Gasteiger partial charge in [-0.3, -0.25) is 9.89 Å². The minimum atomic E-state index is 0.619. The number of thiazole rings is 1. The van der Waals surface area contributed by atoms with E-state index in [0.29, 0.717) is 6.04 Å². The van der Waals surface area contributed by atoms with Crippen LogP contribution >= 0.6 is 11.3 Å². The number of morpholine rings is 1. The summed E-state index contributed by atoms with van der Waals surface area (Å²) >= 11 is 1.70. The van der Waals surface area contributed by atoms with Gasteiger partial charge in [0, 0.05) is 52.4 Å². The van der Waals surface area contributed by atoms with Crippen molar-refractivity contribution >= 4 is 32.6 Å². The lowest BCUT2D eigenvalue weighted by atomic mass is 10.2. The molecule has 0 saturated carbocycles. The van der Waals surface area contributed by atoms with Crippen LogP contribution in [0.3, 0.4) is 0 Å². The number of hydrogen-bond acceptors (Lipinski definition) is 6. The van der Waals surface area contributed by atoms with Gasteiger partial charge in [0.15, 0.2) is 11.1 Å². The normalized spacial score (nSPS) is 21.7. The van der Waals surface area contributed by atoms with Crippen molar-refractivity contribution in [2.24, 2.45) is 4.99 Å². The molecule has 0 amide bonds.